The number of rotatable bonds is 9. The number of amides is 1. The van der Waals surface area contributed by atoms with Crippen LogP contribution in [0.5, 0.6) is 0 Å². The number of amidine groups is 1. The molecule has 1 unspecified atom stereocenters. The van der Waals surface area contributed by atoms with Crippen molar-refractivity contribution >= 4 is 51.1 Å². The summed E-state index contributed by atoms with van der Waals surface area (Å²) in [6.45, 7) is 3.65. The Kier molecular flexibility index (Phi) is 10.1. The number of nitrogens with one attached hydrogen (secondary N) is 2. The molecule has 39 heavy (non-hydrogen) atoms. The first-order valence-electron chi connectivity index (χ1n) is 12.3. The van der Waals surface area contributed by atoms with Gasteiger partial charge in [0.25, 0.3) is 5.91 Å². The van der Waals surface area contributed by atoms with E-state index in [-0.39, 0.29) is 35.6 Å². The summed E-state index contributed by atoms with van der Waals surface area (Å²) < 4.78 is 25.3. The third-order valence-corrected chi connectivity index (χ3v) is 7.41. The molecular weight excluding hydrogens is 534 g/mol. The van der Waals surface area contributed by atoms with Gasteiger partial charge in [0.2, 0.25) is 10.3 Å². The molecule has 0 radical (unpaired) electrons. The fraction of sp³-hybridized carbons (Fsp3) is 0.207. The Balaban J connectivity index is 0.00000420. The number of hydrogen-bond acceptors (Lipinski definition) is 6. The normalized spacial score (nSPS) is 13.8. The summed E-state index contributed by atoms with van der Waals surface area (Å²) in [6, 6.07) is 21.4. The molecule has 1 aliphatic rings. The van der Waals surface area contributed by atoms with E-state index in [0.29, 0.717) is 28.9 Å². The summed E-state index contributed by atoms with van der Waals surface area (Å²) >= 11 is 0. The third-order valence-electron chi connectivity index (χ3n) is 6.58. The summed E-state index contributed by atoms with van der Waals surface area (Å²) in [6.07, 6.45) is 3.69. The first kappa shape index (κ1) is 29.6. The largest absolute Gasteiger partial charge is 0.384 e. The minimum Gasteiger partial charge on any atom is -0.384 e. The Morgan fingerprint density at radius 1 is 1.03 bits per heavy atom. The van der Waals surface area contributed by atoms with Gasteiger partial charge in [0, 0.05) is 28.9 Å². The number of carbonyl (C=O) groups is 1. The molecule has 1 atom stereocenters. The molecule has 4 rings (SSSR count). The summed E-state index contributed by atoms with van der Waals surface area (Å²) in [7, 11) is -0.533. The van der Waals surface area contributed by atoms with Gasteiger partial charge in [-0.05, 0) is 42.9 Å². The van der Waals surface area contributed by atoms with Crippen LogP contribution in [0.4, 0.5) is 5.69 Å². The Morgan fingerprint density at radius 3 is 2.33 bits per heavy atom. The van der Waals surface area contributed by atoms with Gasteiger partial charge in [0.1, 0.15) is 10.7 Å². The van der Waals surface area contributed by atoms with E-state index in [2.05, 4.69) is 10.2 Å². The van der Waals surface area contributed by atoms with E-state index in [9.17, 15) is 13.2 Å². The lowest BCUT2D eigenvalue weighted by Crippen LogP contribution is -2.47. The fourth-order valence-electron chi connectivity index (χ4n) is 4.42. The van der Waals surface area contributed by atoms with E-state index in [1.54, 1.807) is 42.5 Å². The molecule has 0 aromatic heterocycles. The van der Waals surface area contributed by atoms with Crippen molar-refractivity contribution in [3.63, 3.8) is 0 Å². The van der Waals surface area contributed by atoms with Crippen LogP contribution in [-0.2, 0) is 16.8 Å². The van der Waals surface area contributed by atoms with Gasteiger partial charge in [-0.15, -0.1) is 12.4 Å². The van der Waals surface area contributed by atoms with Gasteiger partial charge in [-0.1, -0.05) is 73.7 Å². The molecule has 4 N–H and O–H groups in total. The van der Waals surface area contributed by atoms with Crippen LogP contribution in [0.3, 0.4) is 0 Å². The Hall–Kier alpha value is -3.92. The number of para-hydroxylation sites is 1. The maximum Gasteiger partial charge on any atom is 0.252 e. The maximum absolute atomic E-state index is 13.2. The lowest BCUT2D eigenvalue weighted by Gasteiger charge is -2.37. The zero-order chi connectivity index (χ0) is 27.2. The van der Waals surface area contributed by atoms with Crippen LogP contribution in [0.15, 0.2) is 78.9 Å². The van der Waals surface area contributed by atoms with Crippen molar-refractivity contribution in [3.05, 3.63) is 107 Å². The van der Waals surface area contributed by atoms with Crippen LogP contribution < -0.4 is 16.0 Å². The average Bonchev–Trinajstić information content (AvgIpc) is 2.94. The quantitative estimate of drug-likeness (QED) is 0.158. The average molecular weight is 566 g/mol. The highest BCUT2D eigenvalue weighted by atomic mass is 35.5. The number of fused-ring (bicyclic) bond motifs is 1. The monoisotopic (exact) mass is 565 g/mol. The molecular formula is C29H32ClN5O3S. The number of nitrogens with two attached hydrogens (primary N) is 1. The smallest absolute Gasteiger partial charge is 0.252 e. The zero-order valence-electron chi connectivity index (χ0n) is 21.8. The predicted octanol–water partition coefficient (Wildman–Crippen LogP) is 3.53. The highest BCUT2D eigenvalue weighted by Gasteiger charge is 2.31. The first-order chi connectivity index (χ1) is 18.3. The van der Waals surface area contributed by atoms with E-state index in [1.807, 2.05) is 61.4 Å². The van der Waals surface area contributed by atoms with Gasteiger partial charge < -0.3 is 16.0 Å². The van der Waals surface area contributed by atoms with Crippen molar-refractivity contribution < 1.29 is 13.2 Å². The molecule has 0 aliphatic heterocycles. The second-order valence-corrected chi connectivity index (χ2v) is 9.99. The van der Waals surface area contributed by atoms with E-state index >= 15 is 0 Å². The SMILES string of the molecule is CCN(C)CN(c1ccccc1)C1C=Cc2c(C(=O)NCc3ccc(C(=N)N)cc3)cccc2C1=S(=O)=O.Cl. The highest BCUT2D eigenvalue weighted by Crippen LogP contribution is 2.29. The van der Waals surface area contributed by atoms with Crippen molar-refractivity contribution in [3.8, 4) is 0 Å². The summed E-state index contributed by atoms with van der Waals surface area (Å²) in [5.74, 6) is -0.321. The first-order valence-corrected chi connectivity index (χ1v) is 13.4. The van der Waals surface area contributed by atoms with Crippen LogP contribution in [0.2, 0.25) is 0 Å². The predicted molar refractivity (Wildman–Crippen MR) is 160 cm³/mol. The van der Waals surface area contributed by atoms with Gasteiger partial charge in [0.15, 0.2) is 0 Å². The van der Waals surface area contributed by atoms with Gasteiger partial charge in [-0.2, -0.15) is 8.42 Å². The highest BCUT2D eigenvalue weighted by molar-refractivity contribution is 7.73. The second kappa shape index (κ2) is 13.2. The zero-order valence-corrected chi connectivity index (χ0v) is 23.4. The molecule has 1 amide bonds. The molecule has 0 saturated heterocycles. The molecule has 1 aliphatic carbocycles. The standard InChI is InChI=1S/C29H31N5O3S.ClH/c1-3-33(2)19-34(22-8-5-4-6-9-22)26-17-16-23-24(27(26)38(36)37)10-7-11-25(23)29(35)32-18-20-12-14-21(15-13-20)28(30)31;/h4-17,26H,3,18-19H2,1-2H3,(H3,30,31)(H,32,35);1H. The van der Waals surface area contributed by atoms with Crippen LogP contribution in [0, 0.1) is 5.41 Å². The number of nitrogen functional groups attached to an aromatic ring is 1. The third kappa shape index (κ3) is 6.75. The molecule has 3 aromatic carbocycles. The molecule has 0 heterocycles. The lowest BCUT2D eigenvalue weighted by molar-refractivity contribution is 0.0950. The van der Waals surface area contributed by atoms with E-state index in [4.69, 9.17) is 11.1 Å². The topological polar surface area (TPSA) is 120 Å². The van der Waals surface area contributed by atoms with Gasteiger partial charge in [0.05, 0.1) is 12.7 Å². The summed E-state index contributed by atoms with van der Waals surface area (Å²) in [5.41, 5.74) is 9.37. The minimum absolute atomic E-state index is 0. The molecule has 0 saturated carbocycles. The number of carbonyl (C=O) groups excluding carboxylic acids is 1. The van der Waals surface area contributed by atoms with E-state index in [0.717, 1.165) is 17.8 Å². The van der Waals surface area contributed by atoms with Crippen molar-refractivity contribution in [2.24, 2.45) is 5.73 Å². The van der Waals surface area contributed by atoms with Crippen LogP contribution >= 0.6 is 12.4 Å². The van der Waals surface area contributed by atoms with Crippen LogP contribution in [0.25, 0.3) is 6.08 Å². The molecule has 0 fully saturated rings. The molecule has 0 spiro atoms. The number of benzene rings is 3. The van der Waals surface area contributed by atoms with Crippen LogP contribution in [0.1, 0.15) is 39.5 Å². The minimum atomic E-state index is -2.52. The molecule has 8 nitrogen and oxygen atoms in total. The Labute approximate surface area is 236 Å². The number of nitrogens with zero attached hydrogens (tertiary/aromatic N) is 2. The maximum atomic E-state index is 13.2. The second-order valence-electron chi connectivity index (χ2n) is 9.08. The van der Waals surface area contributed by atoms with Gasteiger partial charge >= 0.3 is 0 Å². The van der Waals surface area contributed by atoms with Gasteiger partial charge in [-0.3, -0.25) is 15.1 Å². The summed E-state index contributed by atoms with van der Waals surface area (Å²) in [4.78, 5) is 17.6. The van der Waals surface area contributed by atoms with Crippen molar-refractivity contribution in [2.75, 3.05) is 25.2 Å². The molecule has 3 aromatic rings. The molecule has 10 heteroatoms. The number of anilines is 1. The van der Waals surface area contributed by atoms with Crippen LogP contribution in [-0.4, -0.2) is 56.2 Å². The molecule has 204 valence electrons. The fourth-order valence-corrected chi connectivity index (χ4v) is 5.18. The number of halogens is 1. The van der Waals surface area contributed by atoms with Crippen molar-refractivity contribution in [2.45, 2.75) is 19.5 Å². The van der Waals surface area contributed by atoms with E-state index < -0.39 is 16.3 Å². The van der Waals surface area contributed by atoms with Crippen molar-refractivity contribution in [1.82, 2.24) is 10.2 Å². The lowest BCUT2D eigenvalue weighted by atomic mass is 9.89. The Morgan fingerprint density at radius 2 is 1.72 bits per heavy atom. The molecule has 0 bridgehead atoms. The Bertz CT molecular complexity index is 1500. The summed E-state index contributed by atoms with van der Waals surface area (Å²) in [5, 5.41) is 10.4. The van der Waals surface area contributed by atoms with Gasteiger partial charge in [-0.25, -0.2) is 0 Å². The number of hydrogen-bond donors (Lipinski definition) is 3. The van der Waals surface area contributed by atoms with Crippen molar-refractivity contribution in [1.29, 1.82) is 5.41 Å². The van der Waals surface area contributed by atoms with E-state index in [1.165, 1.54) is 0 Å².